The molecule has 1 fully saturated rings. The molecule has 0 atom stereocenters. The van der Waals surface area contributed by atoms with Crippen molar-refractivity contribution in [3.63, 3.8) is 0 Å². The molecule has 11 heteroatoms. The van der Waals surface area contributed by atoms with E-state index in [0.29, 0.717) is 4.52 Å². The van der Waals surface area contributed by atoms with Crippen molar-refractivity contribution in [3.8, 4) is 5.88 Å². The Balaban J connectivity index is 2.26. The van der Waals surface area contributed by atoms with Gasteiger partial charge in [-0.2, -0.15) is 22.0 Å². The summed E-state index contributed by atoms with van der Waals surface area (Å²) in [5.74, 6) is -2.26. The predicted molar refractivity (Wildman–Crippen MR) is 63.5 cm³/mol. The van der Waals surface area contributed by atoms with E-state index in [2.05, 4.69) is 14.8 Å². The van der Waals surface area contributed by atoms with Crippen LogP contribution < -0.4 is 4.74 Å². The summed E-state index contributed by atoms with van der Waals surface area (Å²) in [4.78, 5) is 14.9. The van der Waals surface area contributed by atoms with Gasteiger partial charge in [-0.25, -0.2) is 14.3 Å². The first-order valence-electron chi connectivity index (χ1n) is 6.30. The number of hydrogen-bond acceptors (Lipinski definition) is 4. The molecule has 1 aliphatic carbocycles. The summed E-state index contributed by atoms with van der Waals surface area (Å²) >= 11 is 0. The summed E-state index contributed by atoms with van der Waals surface area (Å²) in [5.41, 5.74) is -3.91. The molecule has 1 saturated carbocycles. The van der Waals surface area contributed by atoms with Gasteiger partial charge < -0.3 is 9.84 Å². The Morgan fingerprint density at radius 2 is 2.04 bits per heavy atom. The molecule has 2 heterocycles. The quantitative estimate of drug-likeness (QED) is 0.868. The lowest BCUT2D eigenvalue weighted by Gasteiger charge is -2.21. The van der Waals surface area contributed by atoms with Crippen molar-refractivity contribution >= 4 is 11.6 Å². The van der Waals surface area contributed by atoms with Crippen molar-refractivity contribution in [2.24, 2.45) is 0 Å². The van der Waals surface area contributed by atoms with Crippen molar-refractivity contribution < 1.29 is 36.6 Å². The summed E-state index contributed by atoms with van der Waals surface area (Å²) in [6, 6.07) is 0.910. The summed E-state index contributed by atoms with van der Waals surface area (Å²) < 4.78 is 69.2. The SMILES string of the molecule is O=C(O)c1cnc2cc(OC(F)F)nn2c1C1(C(F)(F)F)CC1. The van der Waals surface area contributed by atoms with E-state index in [1.807, 2.05) is 0 Å². The van der Waals surface area contributed by atoms with Crippen LogP contribution in [0.1, 0.15) is 28.9 Å². The maximum Gasteiger partial charge on any atom is 0.399 e. The molecular weight excluding hydrogens is 329 g/mol. The van der Waals surface area contributed by atoms with Crippen LogP contribution in [0.3, 0.4) is 0 Å². The van der Waals surface area contributed by atoms with Gasteiger partial charge in [0.15, 0.2) is 5.65 Å². The van der Waals surface area contributed by atoms with Crippen LogP contribution in [0.25, 0.3) is 5.65 Å². The van der Waals surface area contributed by atoms with Gasteiger partial charge in [0.25, 0.3) is 0 Å². The molecule has 0 bridgehead atoms. The number of carbonyl (C=O) groups is 1. The minimum Gasteiger partial charge on any atom is -0.478 e. The molecule has 23 heavy (non-hydrogen) atoms. The molecule has 1 N–H and O–H groups in total. The van der Waals surface area contributed by atoms with E-state index in [1.165, 1.54) is 0 Å². The first-order valence-corrected chi connectivity index (χ1v) is 6.30. The van der Waals surface area contributed by atoms with Gasteiger partial charge in [0.1, 0.15) is 11.0 Å². The van der Waals surface area contributed by atoms with Crippen LogP contribution >= 0.6 is 0 Å². The summed E-state index contributed by atoms with van der Waals surface area (Å²) in [7, 11) is 0. The number of rotatable bonds is 4. The third kappa shape index (κ3) is 2.35. The first-order chi connectivity index (χ1) is 10.7. The highest BCUT2D eigenvalue weighted by Crippen LogP contribution is 2.59. The van der Waals surface area contributed by atoms with Crippen molar-refractivity contribution in [1.29, 1.82) is 0 Å². The molecule has 0 radical (unpaired) electrons. The van der Waals surface area contributed by atoms with E-state index in [4.69, 9.17) is 5.11 Å². The van der Waals surface area contributed by atoms with Gasteiger partial charge in [-0.15, -0.1) is 5.10 Å². The van der Waals surface area contributed by atoms with Crippen molar-refractivity contribution in [1.82, 2.24) is 14.6 Å². The van der Waals surface area contributed by atoms with Gasteiger partial charge >= 0.3 is 18.8 Å². The fourth-order valence-electron chi connectivity index (χ4n) is 2.46. The zero-order chi connectivity index (χ0) is 17.0. The molecule has 2 aromatic rings. The van der Waals surface area contributed by atoms with Crippen LogP contribution in [-0.4, -0.2) is 38.5 Å². The lowest BCUT2D eigenvalue weighted by atomic mass is 9.97. The third-order valence-corrected chi connectivity index (χ3v) is 3.65. The average Bonchev–Trinajstić information content (AvgIpc) is 3.12. The standard InChI is InChI=1S/C12H8F5N3O3/c13-10(14)23-7-3-6-18-4-5(9(21)22)8(20(6)19-7)11(1-2-11)12(15,16)17/h3-4,10H,1-2H2,(H,21,22). The summed E-state index contributed by atoms with van der Waals surface area (Å²) in [5, 5.41) is 12.6. The zero-order valence-electron chi connectivity index (χ0n) is 11.1. The van der Waals surface area contributed by atoms with Gasteiger partial charge in [0.05, 0.1) is 5.69 Å². The van der Waals surface area contributed by atoms with Crippen molar-refractivity contribution in [2.75, 3.05) is 0 Å². The lowest BCUT2D eigenvalue weighted by Crippen LogP contribution is -2.33. The van der Waals surface area contributed by atoms with E-state index < -0.39 is 41.3 Å². The number of halogens is 5. The molecule has 124 valence electrons. The largest absolute Gasteiger partial charge is 0.478 e. The molecule has 3 rings (SSSR count). The molecular formula is C12H8F5N3O3. The maximum absolute atomic E-state index is 13.4. The van der Waals surface area contributed by atoms with E-state index in [0.717, 1.165) is 12.3 Å². The number of ether oxygens (including phenoxy) is 1. The Labute approximate surface area is 124 Å². The Morgan fingerprint density at radius 1 is 1.39 bits per heavy atom. The molecule has 0 aliphatic heterocycles. The van der Waals surface area contributed by atoms with E-state index >= 15 is 0 Å². The highest BCUT2D eigenvalue weighted by molar-refractivity contribution is 5.89. The van der Waals surface area contributed by atoms with Crippen LogP contribution in [-0.2, 0) is 5.41 Å². The number of hydrogen-bond donors (Lipinski definition) is 1. The molecule has 0 aromatic carbocycles. The number of alkyl halides is 5. The van der Waals surface area contributed by atoms with Crippen molar-refractivity contribution in [2.45, 2.75) is 31.0 Å². The van der Waals surface area contributed by atoms with Crippen LogP contribution in [0.5, 0.6) is 5.88 Å². The van der Waals surface area contributed by atoms with E-state index in [9.17, 15) is 26.7 Å². The van der Waals surface area contributed by atoms with Crippen LogP contribution in [0.15, 0.2) is 12.3 Å². The Bertz CT molecular complexity index is 782. The molecule has 0 spiro atoms. The maximum atomic E-state index is 13.4. The first kappa shape index (κ1) is 15.4. The monoisotopic (exact) mass is 337 g/mol. The topological polar surface area (TPSA) is 76.7 Å². The van der Waals surface area contributed by atoms with Crippen LogP contribution in [0.4, 0.5) is 22.0 Å². The minimum absolute atomic E-state index is 0.212. The number of nitrogens with zero attached hydrogens (tertiary/aromatic N) is 3. The average molecular weight is 337 g/mol. The third-order valence-electron chi connectivity index (χ3n) is 3.65. The second-order valence-electron chi connectivity index (χ2n) is 5.04. The van der Waals surface area contributed by atoms with Gasteiger partial charge in [-0.05, 0) is 12.8 Å². The summed E-state index contributed by atoms with van der Waals surface area (Å²) in [6.45, 7) is -3.22. The van der Waals surface area contributed by atoms with Gasteiger partial charge in [0, 0.05) is 12.3 Å². The number of carboxylic acids is 1. The van der Waals surface area contributed by atoms with E-state index in [1.54, 1.807) is 0 Å². The van der Waals surface area contributed by atoms with Crippen LogP contribution in [0, 0.1) is 0 Å². The fraction of sp³-hybridized carbons (Fsp3) is 0.417. The van der Waals surface area contributed by atoms with Crippen molar-refractivity contribution in [3.05, 3.63) is 23.5 Å². The smallest absolute Gasteiger partial charge is 0.399 e. The highest BCUT2D eigenvalue weighted by Gasteiger charge is 2.66. The number of aromatic nitrogens is 3. The number of aromatic carboxylic acids is 1. The fourth-order valence-corrected chi connectivity index (χ4v) is 2.46. The normalized spacial score (nSPS) is 16.8. The number of carboxylic acid groups (broad SMARTS) is 1. The van der Waals surface area contributed by atoms with Gasteiger partial charge in [-0.3, -0.25) is 0 Å². The molecule has 2 aromatic heterocycles. The zero-order valence-corrected chi connectivity index (χ0v) is 11.1. The van der Waals surface area contributed by atoms with Gasteiger partial charge in [-0.1, -0.05) is 0 Å². The summed E-state index contributed by atoms with van der Waals surface area (Å²) in [6.07, 6.45) is -4.59. The van der Waals surface area contributed by atoms with Crippen LogP contribution in [0.2, 0.25) is 0 Å². The second-order valence-corrected chi connectivity index (χ2v) is 5.04. The Morgan fingerprint density at radius 3 is 2.52 bits per heavy atom. The molecule has 6 nitrogen and oxygen atoms in total. The number of fused-ring (bicyclic) bond motifs is 1. The molecule has 1 aliphatic rings. The predicted octanol–water partition coefficient (Wildman–Crippen LogP) is 2.62. The molecule has 0 amide bonds. The van der Waals surface area contributed by atoms with Gasteiger partial charge in [0.2, 0.25) is 5.88 Å². The highest BCUT2D eigenvalue weighted by atomic mass is 19.4. The lowest BCUT2D eigenvalue weighted by molar-refractivity contribution is -0.162. The van der Waals surface area contributed by atoms with E-state index in [-0.39, 0.29) is 18.5 Å². The Hall–Kier alpha value is -2.46. The molecule has 0 saturated heterocycles. The Kier molecular flexibility index (Phi) is 3.20. The second kappa shape index (κ2) is 4.77. The molecule has 0 unspecified atom stereocenters. The minimum atomic E-state index is -4.71.